The fourth-order valence-electron chi connectivity index (χ4n) is 6.01. The number of hydrogen-bond donors (Lipinski definition) is 4. The quantitative estimate of drug-likeness (QED) is 0.0243. The SMILES string of the molecule is O=C(CCCCCOc1cc(-c2ccccc2)cc(-c2ccc(F)cc2)n1)NS(=O)(=O)c1ccc(OCCCNC(=O)c2ccc(N/N=C/c3ccccc3S(=O)(=O)O)nc2)cc1. The number of carbonyl (C=O) groups is 2. The number of amides is 2. The van der Waals surface area contributed by atoms with Gasteiger partial charge in [-0.05, 0) is 110 Å². The highest BCUT2D eigenvalue weighted by Crippen LogP contribution is 2.29. The summed E-state index contributed by atoms with van der Waals surface area (Å²) in [6.45, 7) is 0.827. The van der Waals surface area contributed by atoms with Crippen molar-refractivity contribution in [2.75, 3.05) is 25.2 Å². The Bertz CT molecular complexity index is 2740. The lowest BCUT2D eigenvalue weighted by Gasteiger charge is -2.11. The number of nitrogens with zero attached hydrogens (tertiary/aromatic N) is 3. The van der Waals surface area contributed by atoms with Gasteiger partial charge in [-0.1, -0.05) is 48.5 Å². The van der Waals surface area contributed by atoms with E-state index >= 15 is 0 Å². The molecule has 0 saturated heterocycles. The topological polar surface area (TPSA) is 215 Å². The first-order valence-corrected chi connectivity index (χ1v) is 22.6. The third-order valence-corrected chi connectivity index (χ3v) is 11.5. The average molecular weight is 895 g/mol. The van der Waals surface area contributed by atoms with Crippen molar-refractivity contribution in [2.24, 2.45) is 5.10 Å². The van der Waals surface area contributed by atoms with Crippen LogP contribution in [0.5, 0.6) is 11.6 Å². The van der Waals surface area contributed by atoms with Gasteiger partial charge in [0.15, 0.2) is 0 Å². The largest absolute Gasteiger partial charge is 0.494 e. The lowest BCUT2D eigenvalue weighted by Crippen LogP contribution is -2.30. The van der Waals surface area contributed by atoms with E-state index in [1.807, 2.05) is 42.5 Å². The van der Waals surface area contributed by atoms with Crippen LogP contribution in [0.4, 0.5) is 10.2 Å². The molecule has 4 aromatic carbocycles. The normalized spacial score (nSPS) is 11.5. The summed E-state index contributed by atoms with van der Waals surface area (Å²) in [6.07, 6.45) is 4.64. The van der Waals surface area contributed by atoms with Gasteiger partial charge in [0, 0.05) is 36.4 Å². The minimum atomic E-state index is -4.43. The number of carbonyl (C=O) groups excluding carboxylic acids is 2. The number of nitrogens with one attached hydrogen (secondary N) is 3. The molecule has 326 valence electrons. The summed E-state index contributed by atoms with van der Waals surface area (Å²) < 4.78 is 85.5. The van der Waals surface area contributed by atoms with Gasteiger partial charge in [0.25, 0.3) is 26.0 Å². The standard InChI is InChI=1S/C45H43FN6O9S2/c46-37-18-15-33(16-19-37)40-28-36(32-10-3-1-4-11-32)29-44(50-40)61-26-8-2-5-14-43(53)52-62(55,56)39-22-20-38(21-23-39)60-27-9-25-47-45(54)35-17-24-42(48-30-35)51-49-31-34-12-6-7-13-41(34)63(57,58)59/h1,3-4,6-7,10-13,15-24,28-31H,2,5,8-9,14,25-27H2,(H,47,54)(H,48,51)(H,52,53)(H,57,58,59)/b49-31+. The van der Waals surface area contributed by atoms with Gasteiger partial charge in [0.1, 0.15) is 22.3 Å². The van der Waals surface area contributed by atoms with Crippen LogP contribution in [0.25, 0.3) is 22.4 Å². The zero-order valence-electron chi connectivity index (χ0n) is 33.7. The van der Waals surface area contributed by atoms with E-state index in [2.05, 4.69) is 30.5 Å². The molecule has 18 heteroatoms. The Morgan fingerprint density at radius 2 is 1.48 bits per heavy atom. The van der Waals surface area contributed by atoms with Crippen LogP contribution < -0.4 is 24.9 Å². The van der Waals surface area contributed by atoms with E-state index in [1.54, 1.807) is 18.2 Å². The highest BCUT2D eigenvalue weighted by molar-refractivity contribution is 7.90. The Balaban J connectivity index is 0.865. The fourth-order valence-corrected chi connectivity index (χ4v) is 7.69. The Kier molecular flexibility index (Phi) is 15.7. The van der Waals surface area contributed by atoms with Crippen molar-refractivity contribution in [1.82, 2.24) is 20.0 Å². The number of benzene rings is 4. The van der Waals surface area contributed by atoms with Crippen molar-refractivity contribution in [3.63, 3.8) is 0 Å². The first-order chi connectivity index (χ1) is 30.3. The molecule has 0 aliphatic carbocycles. The van der Waals surface area contributed by atoms with Crippen molar-refractivity contribution < 1.29 is 44.8 Å². The zero-order valence-corrected chi connectivity index (χ0v) is 35.3. The molecule has 0 atom stereocenters. The molecule has 2 aromatic heterocycles. The second kappa shape index (κ2) is 21.7. The van der Waals surface area contributed by atoms with E-state index in [0.29, 0.717) is 49.6 Å². The molecule has 0 radical (unpaired) electrons. The van der Waals surface area contributed by atoms with Crippen molar-refractivity contribution in [3.8, 4) is 34.0 Å². The maximum atomic E-state index is 13.6. The van der Waals surface area contributed by atoms with Crippen molar-refractivity contribution in [3.05, 3.63) is 151 Å². The van der Waals surface area contributed by atoms with Crippen LogP contribution in [-0.4, -0.2) is 69.1 Å². The molecule has 6 rings (SSSR count). The van der Waals surface area contributed by atoms with E-state index < -0.39 is 26.0 Å². The van der Waals surface area contributed by atoms with Crippen molar-refractivity contribution >= 4 is 44.0 Å². The molecule has 0 saturated carbocycles. The Morgan fingerprint density at radius 3 is 2.21 bits per heavy atom. The third kappa shape index (κ3) is 13.7. The number of sulfonamides is 1. The van der Waals surface area contributed by atoms with Gasteiger partial charge in [-0.25, -0.2) is 27.5 Å². The fraction of sp³-hybridized carbons (Fsp3) is 0.178. The Morgan fingerprint density at radius 1 is 0.746 bits per heavy atom. The lowest BCUT2D eigenvalue weighted by atomic mass is 10.0. The molecule has 0 bridgehead atoms. The number of anilines is 1. The van der Waals surface area contributed by atoms with Gasteiger partial charge in [-0.3, -0.25) is 19.6 Å². The van der Waals surface area contributed by atoms with Crippen LogP contribution in [0.1, 0.15) is 48.0 Å². The average Bonchev–Trinajstić information content (AvgIpc) is 3.28. The minimum Gasteiger partial charge on any atom is -0.494 e. The van der Waals surface area contributed by atoms with Crippen molar-refractivity contribution in [1.29, 1.82) is 0 Å². The van der Waals surface area contributed by atoms with Crippen molar-refractivity contribution in [2.45, 2.75) is 41.9 Å². The number of pyridine rings is 2. The molecule has 6 aromatic rings. The second-order valence-electron chi connectivity index (χ2n) is 13.9. The number of aromatic nitrogens is 2. The first kappa shape index (κ1) is 45.5. The minimum absolute atomic E-state index is 0.00136. The smallest absolute Gasteiger partial charge is 0.295 e. The summed E-state index contributed by atoms with van der Waals surface area (Å²) in [5.41, 5.74) is 6.34. The van der Waals surface area contributed by atoms with E-state index in [4.69, 9.17) is 9.47 Å². The summed E-state index contributed by atoms with van der Waals surface area (Å²) in [7, 11) is -8.53. The van der Waals surface area contributed by atoms with Crippen LogP contribution >= 0.6 is 0 Å². The number of rotatable bonds is 21. The molecule has 0 unspecified atom stereocenters. The summed E-state index contributed by atoms with van der Waals surface area (Å²) in [6, 6.07) is 34.0. The summed E-state index contributed by atoms with van der Waals surface area (Å²) in [4.78, 5) is 33.5. The molecule has 15 nitrogen and oxygen atoms in total. The summed E-state index contributed by atoms with van der Waals surface area (Å²) in [5, 5.41) is 6.70. The predicted octanol–water partition coefficient (Wildman–Crippen LogP) is 7.29. The van der Waals surface area contributed by atoms with Gasteiger partial charge < -0.3 is 14.8 Å². The summed E-state index contributed by atoms with van der Waals surface area (Å²) in [5.74, 6) is -0.246. The molecule has 2 amide bonds. The number of hydrazone groups is 1. The van der Waals surface area contributed by atoms with Gasteiger partial charge in [0.2, 0.25) is 11.8 Å². The van der Waals surface area contributed by atoms with Crippen LogP contribution in [0.3, 0.4) is 0 Å². The van der Waals surface area contributed by atoms with Crippen LogP contribution in [0, 0.1) is 5.82 Å². The van der Waals surface area contributed by atoms with Crippen LogP contribution in [0.2, 0.25) is 0 Å². The molecule has 2 heterocycles. The second-order valence-corrected chi connectivity index (χ2v) is 17.0. The number of halogens is 1. The highest BCUT2D eigenvalue weighted by atomic mass is 32.2. The Labute approximate surface area is 364 Å². The van der Waals surface area contributed by atoms with Gasteiger partial charge in [0.05, 0.1) is 35.6 Å². The molecule has 0 aliphatic rings. The zero-order chi connectivity index (χ0) is 44.7. The van der Waals surface area contributed by atoms with E-state index in [-0.39, 0.29) is 58.0 Å². The molecule has 0 spiro atoms. The first-order valence-electron chi connectivity index (χ1n) is 19.7. The molecule has 63 heavy (non-hydrogen) atoms. The molecule has 4 N–H and O–H groups in total. The van der Waals surface area contributed by atoms with E-state index in [1.165, 1.54) is 79.1 Å². The van der Waals surface area contributed by atoms with Gasteiger partial charge in [-0.15, -0.1) is 0 Å². The predicted molar refractivity (Wildman–Crippen MR) is 235 cm³/mol. The maximum Gasteiger partial charge on any atom is 0.295 e. The van der Waals surface area contributed by atoms with E-state index in [9.17, 15) is 35.4 Å². The molecule has 0 fully saturated rings. The highest BCUT2D eigenvalue weighted by Gasteiger charge is 2.18. The maximum absolute atomic E-state index is 13.6. The number of hydrogen-bond acceptors (Lipinski definition) is 12. The van der Waals surface area contributed by atoms with Gasteiger partial charge in [-0.2, -0.15) is 13.5 Å². The molecular formula is C45H43FN6O9S2. The summed E-state index contributed by atoms with van der Waals surface area (Å²) >= 11 is 0. The molecule has 0 aliphatic heterocycles. The lowest BCUT2D eigenvalue weighted by molar-refractivity contribution is -0.119. The molecular weight excluding hydrogens is 852 g/mol. The van der Waals surface area contributed by atoms with Gasteiger partial charge >= 0.3 is 0 Å². The van der Waals surface area contributed by atoms with E-state index in [0.717, 1.165) is 16.7 Å². The Hall–Kier alpha value is -7.02. The number of unbranched alkanes of at least 4 members (excludes halogenated alkanes) is 2. The van der Waals surface area contributed by atoms with Crippen LogP contribution in [0.15, 0.2) is 148 Å². The third-order valence-electron chi connectivity index (χ3n) is 9.21. The van der Waals surface area contributed by atoms with Crippen LogP contribution in [-0.2, 0) is 24.9 Å². The number of ether oxygens (including phenoxy) is 2. The monoisotopic (exact) mass is 894 g/mol.